The Morgan fingerprint density at radius 3 is 2.83 bits per heavy atom. The van der Waals surface area contributed by atoms with E-state index in [9.17, 15) is 0 Å². The maximum atomic E-state index is 6.23. The third kappa shape index (κ3) is 3.16. The summed E-state index contributed by atoms with van der Waals surface area (Å²) in [6.07, 6.45) is 1.20. The van der Waals surface area contributed by atoms with Crippen LogP contribution < -0.4 is 5.73 Å². The van der Waals surface area contributed by atoms with Gasteiger partial charge in [-0.15, -0.1) is 0 Å². The summed E-state index contributed by atoms with van der Waals surface area (Å²) in [5.41, 5.74) is 7.62. The van der Waals surface area contributed by atoms with E-state index in [2.05, 4.69) is 23.8 Å². The molecule has 1 saturated heterocycles. The van der Waals surface area contributed by atoms with Crippen LogP contribution in [0.5, 0.6) is 0 Å². The maximum Gasteiger partial charge on any atom is 0.0471 e. The number of benzene rings is 1. The number of rotatable bonds is 3. The Morgan fingerprint density at radius 2 is 2.17 bits per heavy atom. The number of nitrogens with zero attached hydrogens (tertiary/aromatic N) is 2. The van der Waals surface area contributed by atoms with Gasteiger partial charge >= 0.3 is 0 Å². The Labute approximate surface area is 115 Å². The first-order chi connectivity index (χ1) is 8.60. The minimum Gasteiger partial charge on any atom is -0.399 e. The van der Waals surface area contributed by atoms with E-state index in [0.717, 1.165) is 36.9 Å². The molecule has 1 unspecified atom stereocenters. The molecular formula is C14H22ClN3. The van der Waals surface area contributed by atoms with Crippen molar-refractivity contribution in [2.45, 2.75) is 25.9 Å². The van der Waals surface area contributed by atoms with Gasteiger partial charge in [0.15, 0.2) is 0 Å². The molecule has 4 heteroatoms. The molecule has 0 radical (unpaired) electrons. The summed E-state index contributed by atoms with van der Waals surface area (Å²) in [5, 5.41) is 0.780. The number of nitrogens with two attached hydrogens (primary N) is 1. The minimum absolute atomic E-state index is 0.659. The van der Waals surface area contributed by atoms with E-state index in [1.165, 1.54) is 12.0 Å². The Kier molecular flexibility index (Phi) is 4.49. The quantitative estimate of drug-likeness (QED) is 0.854. The van der Waals surface area contributed by atoms with Crippen molar-refractivity contribution in [3.63, 3.8) is 0 Å². The van der Waals surface area contributed by atoms with E-state index in [0.29, 0.717) is 6.04 Å². The zero-order valence-corrected chi connectivity index (χ0v) is 12.0. The molecule has 0 aliphatic carbocycles. The van der Waals surface area contributed by atoms with E-state index in [1.54, 1.807) is 0 Å². The monoisotopic (exact) mass is 267 g/mol. The van der Waals surface area contributed by atoms with Crippen molar-refractivity contribution < 1.29 is 0 Å². The number of nitrogen functional groups attached to an aromatic ring is 1. The number of piperazine rings is 1. The summed E-state index contributed by atoms with van der Waals surface area (Å²) in [4.78, 5) is 4.92. The molecule has 18 heavy (non-hydrogen) atoms. The van der Waals surface area contributed by atoms with Gasteiger partial charge in [0.2, 0.25) is 0 Å². The molecule has 100 valence electrons. The average Bonchev–Trinajstić information content (AvgIpc) is 2.35. The molecule has 0 saturated carbocycles. The van der Waals surface area contributed by atoms with Crippen LogP contribution in [0.15, 0.2) is 18.2 Å². The maximum absolute atomic E-state index is 6.23. The first kappa shape index (κ1) is 13.7. The molecule has 1 fully saturated rings. The lowest BCUT2D eigenvalue weighted by Crippen LogP contribution is -2.50. The fourth-order valence-electron chi connectivity index (χ4n) is 2.53. The van der Waals surface area contributed by atoms with Crippen molar-refractivity contribution in [2.75, 3.05) is 32.4 Å². The van der Waals surface area contributed by atoms with Crippen molar-refractivity contribution in [1.29, 1.82) is 0 Å². The SMILES string of the molecule is CCC1CN(Cc2ccc(N)cc2Cl)CCN1C. The van der Waals surface area contributed by atoms with Crippen LogP contribution in [0.25, 0.3) is 0 Å². The van der Waals surface area contributed by atoms with Crippen molar-refractivity contribution >= 4 is 17.3 Å². The Morgan fingerprint density at radius 1 is 1.39 bits per heavy atom. The van der Waals surface area contributed by atoms with Gasteiger partial charge in [0.1, 0.15) is 0 Å². The highest BCUT2D eigenvalue weighted by Gasteiger charge is 2.23. The van der Waals surface area contributed by atoms with Crippen LogP contribution >= 0.6 is 11.6 Å². The normalized spacial score (nSPS) is 22.3. The van der Waals surface area contributed by atoms with Crippen LogP contribution in [0.3, 0.4) is 0 Å². The second-order valence-corrected chi connectivity index (χ2v) is 5.54. The predicted molar refractivity (Wildman–Crippen MR) is 77.9 cm³/mol. The van der Waals surface area contributed by atoms with Gasteiger partial charge in [-0.25, -0.2) is 0 Å². The van der Waals surface area contributed by atoms with Crippen molar-refractivity contribution in [3.8, 4) is 0 Å². The Bertz CT molecular complexity index is 408. The van der Waals surface area contributed by atoms with Gasteiger partial charge in [0.05, 0.1) is 0 Å². The molecule has 1 atom stereocenters. The van der Waals surface area contributed by atoms with E-state index in [1.807, 2.05) is 18.2 Å². The summed E-state index contributed by atoms with van der Waals surface area (Å²) >= 11 is 6.23. The predicted octanol–water partition coefficient (Wildman–Crippen LogP) is 2.45. The summed E-state index contributed by atoms with van der Waals surface area (Å²) in [7, 11) is 2.21. The minimum atomic E-state index is 0.659. The van der Waals surface area contributed by atoms with E-state index in [-0.39, 0.29) is 0 Å². The number of hydrogen-bond acceptors (Lipinski definition) is 3. The van der Waals surface area contributed by atoms with Crippen LogP contribution in [0.2, 0.25) is 5.02 Å². The van der Waals surface area contributed by atoms with E-state index < -0.39 is 0 Å². The van der Waals surface area contributed by atoms with Gasteiger partial charge in [-0.3, -0.25) is 4.90 Å². The van der Waals surface area contributed by atoms with Crippen molar-refractivity contribution in [1.82, 2.24) is 9.80 Å². The smallest absolute Gasteiger partial charge is 0.0471 e. The average molecular weight is 268 g/mol. The Hall–Kier alpha value is -0.770. The van der Waals surface area contributed by atoms with Crippen molar-refractivity contribution in [2.24, 2.45) is 0 Å². The molecule has 0 aromatic heterocycles. The van der Waals surface area contributed by atoms with Crippen LogP contribution in [0.4, 0.5) is 5.69 Å². The molecule has 1 aromatic carbocycles. The standard InChI is InChI=1S/C14H22ClN3/c1-3-13-10-18(7-6-17(13)2)9-11-4-5-12(16)8-14(11)15/h4-5,8,13H,3,6-7,9-10,16H2,1-2H3. The lowest BCUT2D eigenvalue weighted by Gasteiger charge is -2.39. The topological polar surface area (TPSA) is 32.5 Å². The summed E-state index contributed by atoms with van der Waals surface area (Å²) < 4.78 is 0. The molecule has 1 aliphatic heterocycles. The van der Waals surface area contributed by atoms with Crippen LogP contribution in [0, 0.1) is 0 Å². The van der Waals surface area contributed by atoms with Crippen molar-refractivity contribution in [3.05, 3.63) is 28.8 Å². The highest BCUT2D eigenvalue weighted by Crippen LogP contribution is 2.22. The molecule has 2 rings (SSSR count). The third-order valence-electron chi connectivity index (χ3n) is 3.80. The van der Waals surface area contributed by atoms with Gasteiger partial charge in [-0.05, 0) is 31.2 Å². The van der Waals surface area contributed by atoms with Gasteiger partial charge < -0.3 is 10.6 Å². The van der Waals surface area contributed by atoms with Gasteiger partial charge in [0, 0.05) is 42.9 Å². The lowest BCUT2D eigenvalue weighted by atomic mass is 10.1. The number of anilines is 1. The molecule has 1 heterocycles. The highest BCUT2D eigenvalue weighted by atomic mass is 35.5. The van der Waals surface area contributed by atoms with Crippen LogP contribution in [-0.2, 0) is 6.54 Å². The zero-order chi connectivity index (χ0) is 13.1. The number of hydrogen-bond donors (Lipinski definition) is 1. The Balaban J connectivity index is 2.01. The molecule has 0 amide bonds. The molecule has 1 aliphatic rings. The molecule has 2 N–H and O–H groups in total. The summed E-state index contributed by atoms with van der Waals surface area (Å²) in [6.45, 7) is 6.52. The first-order valence-electron chi connectivity index (χ1n) is 6.56. The molecule has 0 spiro atoms. The molecule has 3 nitrogen and oxygen atoms in total. The van der Waals surface area contributed by atoms with Gasteiger partial charge in [-0.2, -0.15) is 0 Å². The number of likely N-dealkylation sites (N-methyl/N-ethyl adjacent to an activating group) is 1. The van der Waals surface area contributed by atoms with Gasteiger partial charge in [0.25, 0.3) is 0 Å². The van der Waals surface area contributed by atoms with Crippen LogP contribution in [-0.4, -0.2) is 42.5 Å². The molecule has 1 aromatic rings. The largest absolute Gasteiger partial charge is 0.399 e. The van der Waals surface area contributed by atoms with E-state index in [4.69, 9.17) is 17.3 Å². The number of halogens is 1. The van der Waals surface area contributed by atoms with Crippen LogP contribution in [0.1, 0.15) is 18.9 Å². The fraction of sp³-hybridized carbons (Fsp3) is 0.571. The second-order valence-electron chi connectivity index (χ2n) is 5.13. The second kappa shape index (κ2) is 5.91. The van der Waals surface area contributed by atoms with Gasteiger partial charge in [-0.1, -0.05) is 24.6 Å². The molecule has 0 bridgehead atoms. The lowest BCUT2D eigenvalue weighted by molar-refractivity contribution is 0.0884. The highest BCUT2D eigenvalue weighted by molar-refractivity contribution is 6.31. The zero-order valence-electron chi connectivity index (χ0n) is 11.2. The fourth-order valence-corrected chi connectivity index (χ4v) is 2.78. The third-order valence-corrected chi connectivity index (χ3v) is 4.16. The molecular weight excluding hydrogens is 246 g/mol. The van der Waals surface area contributed by atoms with E-state index >= 15 is 0 Å². The summed E-state index contributed by atoms with van der Waals surface area (Å²) in [5.74, 6) is 0. The first-order valence-corrected chi connectivity index (χ1v) is 6.94. The summed E-state index contributed by atoms with van der Waals surface area (Å²) in [6, 6.07) is 6.46.